The highest BCUT2D eigenvalue weighted by Crippen LogP contribution is 2.12. The van der Waals surface area contributed by atoms with Gasteiger partial charge in [0.2, 0.25) is 0 Å². The molecule has 0 aliphatic rings. The minimum Gasteiger partial charge on any atom is -0.380 e. The van der Waals surface area contributed by atoms with Crippen molar-refractivity contribution in [3.8, 4) is 0 Å². The van der Waals surface area contributed by atoms with Crippen molar-refractivity contribution in [2.24, 2.45) is 0 Å². The van der Waals surface area contributed by atoms with E-state index >= 15 is 0 Å². The van der Waals surface area contributed by atoms with Crippen LogP contribution in [0.1, 0.15) is 0 Å². The van der Waals surface area contributed by atoms with Gasteiger partial charge in [-0.15, -0.1) is 12.4 Å². The number of rotatable bonds is 3. The summed E-state index contributed by atoms with van der Waals surface area (Å²) < 4.78 is 1.03. The van der Waals surface area contributed by atoms with Crippen LogP contribution in [0.4, 0.5) is 5.69 Å². The fourth-order valence-electron chi connectivity index (χ4n) is 0.675. The lowest BCUT2D eigenvalue weighted by Gasteiger charge is -2.04. The van der Waals surface area contributed by atoms with Crippen molar-refractivity contribution in [3.05, 3.63) is 28.7 Å². The average Bonchev–Trinajstić information content (AvgIpc) is 2.04. The summed E-state index contributed by atoms with van der Waals surface area (Å²) in [6.45, 7) is -0.0872. The number of aliphatic hydroxyl groups is 1. The largest absolute Gasteiger partial charge is 0.380 e. The number of anilines is 1. The summed E-state index contributed by atoms with van der Waals surface area (Å²) in [7, 11) is 0. The van der Waals surface area contributed by atoms with Crippen molar-refractivity contribution in [2.75, 3.05) is 12.2 Å². The summed E-state index contributed by atoms with van der Waals surface area (Å²) in [5.74, 6) is 0. The molecule has 0 heterocycles. The van der Waals surface area contributed by atoms with Crippen LogP contribution >= 0.6 is 28.3 Å². The number of hydrogen-bond donors (Lipinski definition) is 3. The molecule has 0 fully saturated rings. The van der Waals surface area contributed by atoms with Crippen LogP contribution in [0.15, 0.2) is 28.7 Å². The van der Waals surface area contributed by atoms with Crippen molar-refractivity contribution in [3.63, 3.8) is 0 Å². The summed E-state index contributed by atoms with van der Waals surface area (Å²) >= 11 is 3.32. The van der Waals surface area contributed by atoms with E-state index in [4.69, 9.17) is 5.11 Å². The van der Waals surface area contributed by atoms with Gasteiger partial charge in [0.15, 0.2) is 0 Å². The summed E-state index contributed by atoms with van der Waals surface area (Å²) in [5, 5.41) is 8.40. The average molecular weight is 254 g/mol. The minimum absolute atomic E-state index is 0. The first kappa shape index (κ1) is 11.7. The fraction of sp³-hybridized carbons (Fsp3) is 0.143. The number of benzene rings is 1. The molecule has 0 bridgehead atoms. The van der Waals surface area contributed by atoms with Gasteiger partial charge in [0.05, 0.1) is 0 Å². The van der Waals surface area contributed by atoms with Gasteiger partial charge in [-0.3, -0.25) is 0 Å². The molecule has 0 saturated heterocycles. The minimum atomic E-state index is -0.0872. The smallest absolute Gasteiger partial charge is 0.110 e. The second-order valence-electron chi connectivity index (χ2n) is 1.97. The number of aliphatic hydroxyl groups excluding tert-OH is 1. The molecule has 5 heteroatoms. The van der Waals surface area contributed by atoms with Gasteiger partial charge in [-0.2, -0.15) is 0 Å². The van der Waals surface area contributed by atoms with Crippen molar-refractivity contribution >= 4 is 34.0 Å². The van der Waals surface area contributed by atoms with Crippen LogP contribution in [-0.4, -0.2) is 11.8 Å². The third-order valence-electron chi connectivity index (χ3n) is 1.16. The molecule has 0 radical (unpaired) electrons. The van der Waals surface area contributed by atoms with Gasteiger partial charge >= 0.3 is 0 Å². The predicted molar refractivity (Wildman–Crippen MR) is 55.2 cm³/mol. The summed E-state index contributed by atoms with van der Waals surface area (Å²) in [6, 6.07) is 7.63. The predicted octanol–water partition coefficient (Wildman–Crippen LogP) is 1.74. The van der Waals surface area contributed by atoms with E-state index in [0.717, 1.165) is 10.2 Å². The molecule has 0 amide bonds. The number of nitrogens with one attached hydrogen (secondary N) is 2. The molecule has 1 aromatic carbocycles. The van der Waals surface area contributed by atoms with E-state index in [1.54, 1.807) is 0 Å². The Hall–Kier alpha value is -0.290. The van der Waals surface area contributed by atoms with E-state index in [2.05, 4.69) is 26.8 Å². The molecule has 0 spiro atoms. The highest BCUT2D eigenvalue weighted by molar-refractivity contribution is 9.10. The van der Waals surface area contributed by atoms with E-state index in [1.165, 1.54) is 0 Å². The number of hydrogen-bond acceptors (Lipinski definition) is 3. The second-order valence-corrected chi connectivity index (χ2v) is 2.88. The maximum atomic E-state index is 8.40. The zero-order valence-electron chi connectivity index (χ0n) is 6.25. The Kier molecular flexibility index (Phi) is 6.10. The van der Waals surface area contributed by atoms with E-state index in [0.29, 0.717) is 0 Å². The zero-order valence-corrected chi connectivity index (χ0v) is 8.65. The van der Waals surface area contributed by atoms with Crippen LogP contribution < -0.4 is 10.9 Å². The van der Waals surface area contributed by atoms with Crippen LogP contribution in [0, 0.1) is 0 Å². The standard InChI is InChI=1S/C7H9BrN2O.ClH/c8-6-1-3-7(4-2-6)10-9-5-11;/h1-4,9-11H,5H2;1H. The monoisotopic (exact) mass is 252 g/mol. The Morgan fingerprint density at radius 3 is 2.33 bits per heavy atom. The van der Waals surface area contributed by atoms with Gasteiger partial charge in [0.25, 0.3) is 0 Å². The van der Waals surface area contributed by atoms with E-state index in [1.807, 2.05) is 24.3 Å². The van der Waals surface area contributed by atoms with Gasteiger partial charge in [-0.1, -0.05) is 15.9 Å². The Labute approximate surface area is 85.7 Å². The molecule has 0 unspecified atom stereocenters. The summed E-state index contributed by atoms with van der Waals surface area (Å²) in [6.07, 6.45) is 0. The molecule has 68 valence electrons. The van der Waals surface area contributed by atoms with Crippen LogP contribution in [0.5, 0.6) is 0 Å². The molecule has 12 heavy (non-hydrogen) atoms. The Balaban J connectivity index is 0.00000121. The third-order valence-corrected chi connectivity index (χ3v) is 1.68. The molecule has 3 N–H and O–H groups in total. The molecular weight excluding hydrogens is 243 g/mol. The Bertz CT molecular complexity index is 217. The van der Waals surface area contributed by atoms with Crippen molar-refractivity contribution < 1.29 is 5.11 Å². The third kappa shape index (κ3) is 3.92. The highest BCUT2D eigenvalue weighted by Gasteiger charge is 1.88. The molecule has 1 aromatic rings. The van der Waals surface area contributed by atoms with Crippen LogP contribution in [0.2, 0.25) is 0 Å². The molecular formula is C7H10BrClN2O. The summed E-state index contributed by atoms with van der Waals surface area (Å²) in [5.41, 5.74) is 6.29. The lowest BCUT2D eigenvalue weighted by Crippen LogP contribution is -2.21. The molecule has 1 rings (SSSR count). The Morgan fingerprint density at radius 1 is 1.25 bits per heavy atom. The van der Waals surface area contributed by atoms with Crippen molar-refractivity contribution in [1.29, 1.82) is 0 Å². The van der Waals surface area contributed by atoms with Crippen molar-refractivity contribution in [1.82, 2.24) is 5.43 Å². The molecule has 0 aliphatic carbocycles. The Morgan fingerprint density at radius 2 is 1.83 bits per heavy atom. The number of hydrazine groups is 1. The van der Waals surface area contributed by atoms with Gasteiger partial charge < -0.3 is 10.5 Å². The maximum absolute atomic E-state index is 8.40. The topological polar surface area (TPSA) is 44.3 Å². The van der Waals surface area contributed by atoms with E-state index < -0.39 is 0 Å². The zero-order chi connectivity index (χ0) is 8.10. The second kappa shape index (κ2) is 6.25. The fourth-order valence-corrected chi connectivity index (χ4v) is 0.939. The van der Waals surface area contributed by atoms with Gasteiger partial charge in [-0.05, 0) is 24.3 Å². The molecule has 0 saturated carbocycles. The van der Waals surface area contributed by atoms with E-state index in [-0.39, 0.29) is 19.1 Å². The number of halogens is 2. The van der Waals surface area contributed by atoms with Crippen LogP contribution in [-0.2, 0) is 0 Å². The van der Waals surface area contributed by atoms with Gasteiger partial charge in [0.1, 0.15) is 6.73 Å². The van der Waals surface area contributed by atoms with Crippen LogP contribution in [0.3, 0.4) is 0 Å². The quantitative estimate of drug-likeness (QED) is 0.568. The summed E-state index contributed by atoms with van der Waals surface area (Å²) in [4.78, 5) is 0. The van der Waals surface area contributed by atoms with Crippen molar-refractivity contribution in [2.45, 2.75) is 0 Å². The molecule has 0 atom stereocenters. The lowest BCUT2D eigenvalue weighted by atomic mass is 10.3. The first-order chi connectivity index (χ1) is 5.33. The van der Waals surface area contributed by atoms with Crippen LogP contribution in [0.25, 0.3) is 0 Å². The highest BCUT2D eigenvalue weighted by atomic mass is 79.9. The normalized spacial score (nSPS) is 8.83. The first-order valence-electron chi connectivity index (χ1n) is 3.18. The molecule has 0 aliphatic heterocycles. The van der Waals surface area contributed by atoms with E-state index in [9.17, 15) is 0 Å². The first-order valence-corrected chi connectivity index (χ1v) is 3.97. The van der Waals surface area contributed by atoms with Gasteiger partial charge in [-0.25, -0.2) is 5.43 Å². The molecule has 3 nitrogen and oxygen atoms in total. The van der Waals surface area contributed by atoms with Gasteiger partial charge in [0, 0.05) is 10.2 Å². The lowest BCUT2D eigenvalue weighted by molar-refractivity contribution is 0.272. The maximum Gasteiger partial charge on any atom is 0.110 e. The molecule has 0 aromatic heterocycles. The SMILES string of the molecule is Cl.OCNNc1ccc(Br)cc1.